The Morgan fingerprint density at radius 1 is 1.39 bits per heavy atom. The van der Waals surface area contributed by atoms with Gasteiger partial charge in [0.05, 0.1) is 23.2 Å². The Hall–Kier alpha value is -2.63. The van der Waals surface area contributed by atoms with E-state index in [1.54, 1.807) is 29.3 Å². The zero-order valence-electron chi connectivity index (χ0n) is 9.41. The van der Waals surface area contributed by atoms with Gasteiger partial charge in [-0.25, -0.2) is 9.79 Å². The molecule has 92 valence electrons. The zero-order valence-corrected chi connectivity index (χ0v) is 9.41. The Bertz CT molecular complexity index is 564. The van der Waals surface area contributed by atoms with Crippen LogP contribution in [0.25, 0.3) is 0 Å². The monoisotopic (exact) mass is 245 g/mol. The predicted molar refractivity (Wildman–Crippen MR) is 66.9 cm³/mol. The maximum absolute atomic E-state index is 11.3. The van der Waals surface area contributed by atoms with E-state index in [2.05, 4.69) is 4.99 Å². The lowest BCUT2D eigenvalue weighted by Gasteiger charge is -2.22. The summed E-state index contributed by atoms with van der Waals surface area (Å²) in [6.45, 7) is 0.492. The van der Waals surface area contributed by atoms with Crippen molar-refractivity contribution in [2.75, 3.05) is 11.4 Å². The van der Waals surface area contributed by atoms with E-state index in [4.69, 9.17) is 5.73 Å². The number of aromatic carboxylic acids is 1. The molecule has 1 aliphatic rings. The van der Waals surface area contributed by atoms with E-state index in [-0.39, 0.29) is 11.1 Å². The highest BCUT2D eigenvalue weighted by atomic mass is 16.4. The molecule has 0 aliphatic carbocycles. The molecule has 1 heterocycles. The van der Waals surface area contributed by atoms with Crippen molar-refractivity contribution in [3.63, 3.8) is 0 Å². The van der Waals surface area contributed by atoms with Gasteiger partial charge in [0, 0.05) is 12.7 Å². The number of aliphatic imine (C=N–C) groups is 1. The normalized spacial score (nSPS) is 13.7. The van der Waals surface area contributed by atoms with Crippen molar-refractivity contribution in [1.82, 2.24) is 0 Å². The van der Waals surface area contributed by atoms with Crippen LogP contribution in [-0.2, 0) is 0 Å². The van der Waals surface area contributed by atoms with E-state index in [1.807, 2.05) is 0 Å². The van der Waals surface area contributed by atoms with Crippen LogP contribution in [0.2, 0.25) is 0 Å². The predicted octanol–water partition coefficient (Wildman–Crippen LogP) is 0.846. The summed E-state index contributed by atoms with van der Waals surface area (Å²) in [5.41, 5.74) is 5.46. The summed E-state index contributed by atoms with van der Waals surface area (Å²) < 4.78 is 0. The molecule has 1 aromatic carbocycles. The minimum absolute atomic E-state index is 0.0112. The van der Waals surface area contributed by atoms with E-state index in [9.17, 15) is 14.7 Å². The second-order valence-corrected chi connectivity index (χ2v) is 3.67. The van der Waals surface area contributed by atoms with E-state index < -0.39 is 11.9 Å². The number of anilines is 1. The Kier molecular flexibility index (Phi) is 3.09. The summed E-state index contributed by atoms with van der Waals surface area (Å²) >= 11 is 0. The summed E-state index contributed by atoms with van der Waals surface area (Å²) in [6, 6.07) is 4.60. The number of primary amides is 1. The van der Waals surface area contributed by atoms with Crippen LogP contribution in [0.1, 0.15) is 20.7 Å². The quantitative estimate of drug-likeness (QED) is 0.824. The number of carboxylic acids is 1. The van der Waals surface area contributed by atoms with Gasteiger partial charge < -0.3 is 15.7 Å². The van der Waals surface area contributed by atoms with Gasteiger partial charge in [0.25, 0.3) is 0 Å². The number of benzene rings is 1. The molecule has 1 aliphatic heterocycles. The zero-order chi connectivity index (χ0) is 13.1. The molecule has 0 saturated carbocycles. The molecule has 2 rings (SSSR count). The van der Waals surface area contributed by atoms with Crippen molar-refractivity contribution in [2.24, 2.45) is 10.7 Å². The molecule has 0 aromatic heterocycles. The van der Waals surface area contributed by atoms with Crippen LogP contribution in [0.3, 0.4) is 0 Å². The van der Waals surface area contributed by atoms with Crippen LogP contribution in [0, 0.1) is 0 Å². The molecule has 0 unspecified atom stereocenters. The number of amides is 1. The van der Waals surface area contributed by atoms with Crippen molar-refractivity contribution in [2.45, 2.75) is 0 Å². The maximum Gasteiger partial charge on any atom is 0.338 e. The highest BCUT2D eigenvalue weighted by Gasteiger charge is 2.21. The molecule has 3 N–H and O–H groups in total. The average Bonchev–Trinajstić information content (AvgIpc) is 2.38. The van der Waals surface area contributed by atoms with Gasteiger partial charge in [0.2, 0.25) is 5.91 Å². The molecule has 0 spiro atoms. The van der Waals surface area contributed by atoms with Gasteiger partial charge in [0.15, 0.2) is 0 Å². The summed E-state index contributed by atoms with van der Waals surface area (Å²) in [4.78, 5) is 28.1. The molecule has 0 fully saturated rings. The standard InChI is InChI=1S/C12H11N3O3/c13-11(16)8-3-1-4-9(10(8)12(17)18)15-6-2-5-14-7-15/h1-5,7H,6H2,(H2,13,16)(H,17,18). The van der Waals surface area contributed by atoms with Crippen molar-refractivity contribution in [1.29, 1.82) is 0 Å². The first-order chi connectivity index (χ1) is 8.61. The topological polar surface area (TPSA) is 96.0 Å². The molecule has 0 radical (unpaired) electrons. The summed E-state index contributed by atoms with van der Waals surface area (Å²) in [6.07, 6.45) is 4.91. The lowest BCUT2D eigenvalue weighted by Crippen LogP contribution is -2.27. The fraction of sp³-hybridized carbons (Fsp3) is 0.0833. The van der Waals surface area contributed by atoms with Gasteiger partial charge in [-0.1, -0.05) is 6.07 Å². The van der Waals surface area contributed by atoms with E-state index >= 15 is 0 Å². The lowest BCUT2D eigenvalue weighted by molar-refractivity contribution is 0.0693. The van der Waals surface area contributed by atoms with E-state index in [0.29, 0.717) is 12.2 Å². The molecule has 6 heteroatoms. The van der Waals surface area contributed by atoms with Crippen molar-refractivity contribution in [3.05, 3.63) is 41.6 Å². The highest BCUT2D eigenvalue weighted by Crippen LogP contribution is 2.24. The lowest BCUT2D eigenvalue weighted by atomic mass is 10.0. The number of carbonyl (C=O) groups is 2. The summed E-state index contributed by atoms with van der Waals surface area (Å²) in [5.74, 6) is -1.96. The van der Waals surface area contributed by atoms with Gasteiger partial charge >= 0.3 is 5.97 Å². The van der Waals surface area contributed by atoms with Crippen molar-refractivity contribution < 1.29 is 14.7 Å². The third-order valence-corrected chi connectivity index (χ3v) is 2.53. The van der Waals surface area contributed by atoms with Gasteiger partial charge in [0.1, 0.15) is 0 Å². The number of rotatable bonds is 3. The Balaban J connectivity index is 2.56. The van der Waals surface area contributed by atoms with E-state index in [0.717, 1.165) is 0 Å². The molecule has 0 atom stereocenters. The molecule has 0 saturated heterocycles. The minimum Gasteiger partial charge on any atom is -0.478 e. The van der Waals surface area contributed by atoms with Gasteiger partial charge in [-0.05, 0) is 18.2 Å². The number of carboxylic acid groups (broad SMARTS) is 1. The first kappa shape index (κ1) is 11.8. The van der Waals surface area contributed by atoms with Gasteiger partial charge in [-0.3, -0.25) is 4.79 Å². The van der Waals surface area contributed by atoms with Crippen molar-refractivity contribution >= 4 is 23.9 Å². The number of carbonyl (C=O) groups excluding carboxylic acids is 1. The van der Waals surface area contributed by atoms with Crippen LogP contribution >= 0.6 is 0 Å². The van der Waals surface area contributed by atoms with Crippen LogP contribution < -0.4 is 10.6 Å². The van der Waals surface area contributed by atoms with E-state index in [1.165, 1.54) is 12.4 Å². The van der Waals surface area contributed by atoms with Crippen LogP contribution in [0.5, 0.6) is 0 Å². The second-order valence-electron chi connectivity index (χ2n) is 3.67. The van der Waals surface area contributed by atoms with Crippen LogP contribution in [0.15, 0.2) is 35.5 Å². The molecule has 18 heavy (non-hydrogen) atoms. The second kappa shape index (κ2) is 4.70. The van der Waals surface area contributed by atoms with Gasteiger partial charge in [-0.2, -0.15) is 0 Å². The van der Waals surface area contributed by atoms with Gasteiger partial charge in [-0.15, -0.1) is 0 Å². The fourth-order valence-electron chi connectivity index (χ4n) is 1.76. The smallest absolute Gasteiger partial charge is 0.338 e. The molecular formula is C12H11N3O3. The highest BCUT2D eigenvalue weighted by molar-refractivity contribution is 6.09. The number of hydrogen-bond acceptors (Lipinski definition) is 4. The molecule has 6 nitrogen and oxygen atoms in total. The molecule has 1 amide bonds. The Labute approximate surface area is 103 Å². The molecule has 0 bridgehead atoms. The minimum atomic E-state index is -1.19. The third-order valence-electron chi connectivity index (χ3n) is 2.53. The Morgan fingerprint density at radius 2 is 2.17 bits per heavy atom. The average molecular weight is 245 g/mol. The first-order valence-electron chi connectivity index (χ1n) is 5.22. The first-order valence-corrected chi connectivity index (χ1v) is 5.22. The summed E-state index contributed by atoms with van der Waals surface area (Å²) in [5, 5.41) is 9.23. The maximum atomic E-state index is 11.3. The fourth-order valence-corrected chi connectivity index (χ4v) is 1.76. The Morgan fingerprint density at radius 3 is 2.72 bits per heavy atom. The number of nitrogens with zero attached hydrogens (tertiary/aromatic N) is 2. The van der Waals surface area contributed by atoms with Crippen molar-refractivity contribution in [3.8, 4) is 0 Å². The third kappa shape index (κ3) is 2.08. The van der Waals surface area contributed by atoms with Crippen LogP contribution in [0.4, 0.5) is 5.69 Å². The largest absolute Gasteiger partial charge is 0.478 e. The number of hydrogen-bond donors (Lipinski definition) is 2. The SMILES string of the molecule is NC(=O)c1cccc(N2C=NC=CC2)c1C(=O)O. The number of nitrogens with two attached hydrogens (primary N) is 1. The molecular weight excluding hydrogens is 234 g/mol. The molecule has 1 aromatic rings. The summed E-state index contributed by atoms with van der Waals surface area (Å²) in [7, 11) is 0. The van der Waals surface area contributed by atoms with Crippen LogP contribution in [-0.4, -0.2) is 29.9 Å².